The van der Waals surface area contributed by atoms with Gasteiger partial charge in [-0.25, -0.2) is 70.9 Å². The van der Waals surface area contributed by atoms with Crippen molar-refractivity contribution in [3.05, 3.63) is 291 Å². The van der Waals surface area contributed by atoms with Gasteiger partial charge in [0.25, 0.3) is 37.3 Å². The monoisotopic (exact) mass is 1910 g/mol. The second-order valence-corrected chi connectivity index (χ2v) is 36.6. The van der Waals surface area contributed by atoms with Gasteiger partial charge in [0.2, 0.25) is 34.7 Å². The SMILES string of the molecule is COc1cccc(-c2cn3nc(OC)sc3n2)c1.COc1nn2cc(-c3ccc(-c4ccccc4)cc3)nc2s1.COc1nn2cc(-c3ccc(F)cc3)nc2s1.COc1nn2cc(-c3cccc([N+](=O)[O-])c3)nc2s1.COc1nn2cc(-c3ccccc3[N+](=O)[O-])nc2s1.Cc1nn2cc(-c3cc4ccccc4s3)nc2s1.Cc1nn2cc(-c3ccc4sccc4c3)nc2s1. The first-order chi connectivity index (χ1) is 63.8. The van der Waals surface area contributed by atoms with Crippen LogP contribution in [-0.4, -0.2) is 155 Å². The van der Waals surface area contributed by atoms with Gasteiger partial charge in [0.15, 0.2) is 0 Å². The summed E-state index contributed by atoms with van der Waals surface area (Å²) in [5.41, 5.74) is 13.5. The number of para-hydroxylation sites is 1. The number of aromatic nitrogens is 21. The summed E-state index contributed by atoms with van der Waals surface area (Å²) in [6, 6.07) is 64.8. The standard InChI is InChI=1S/C17H13N3OS.2C13H9N3S2.C12H11N3O2S.C11H8FN3OS.2C11H8N4O3S/c1-21-17-19-20-11-15(18-16(20)22-17)14-9-7-13(8-10-14)12-5-3-2-4-6-12;1-8-15-16-7-11(14-13(16)18-8)9-2-3-12-10(6-9)4-5-17-12;1-8-15-16-7-10(14-13(16)17-8)12-6-9-4-2-3-5-11(9)18-12;1-16-9-5-3-4-8(6-9)10-7-15-11(13-10)18-12(14-15)17-2;1-16-11-14-15-6-9(13-10(15)17-11)7-2-4-8(12)5-3-7;1-18-11-13-14-6-9(12-10(14)19-11)7-3-2-4-8(5-7)15(16)17;1-18-11-13-14-6-8(12-10(14)19-11)7-4-2-3-5-9(7)15(16)17/h2-11H,1H3;2*2-7H,1H3;3-7H,1-2H3;2-6H,1H3;2*2-6H,1H3. The van der Waals surface area contributed by atoms with Gasteiger partial charge >= 0.3 is 0 Å². The Morgan fingerprint density at radius 3 is 1.18 bits per heavy atom. The number of hydrogen-bond donors (Lipinski definition) is 0. The number of nitro groups is 2. The smallest absolute Gasteiger partial charge is 0.294 e. The maximum Gasteiger partial charge on any atom is 0.294 e. The van der Waals surface area contributed by atoms with Gasteiger partial charge in [-0.15, -0.1) is 48.2 Å². The molecule has 33 nitrogen and oxygen atoms in total. The molecule has 654 valence electrons. The maximum absolute atomic E-state index is 12.8. The lowest BCUT2D eigenvalue weighted by molar-refractivity contribution is -0.384. The molecule has 131 heavy (non-hydrogen) atoms. The number of hydrogen-bond acceptors (Lipinski definition) is 33. The molecule has 0 aliphatic heterocycles. The molecule has 0 N–H and O–H groups in total. The second kappa shape index (κ2) is 38.5. The summed E-state index contributed by atoms with van der Waals surface area (Å²) in [6.07, 6.45) is 13.0. The van der Waals surface area contributed by atoms with E-state index >= 15 is 0 Å². The number of imidazole rings is 7. The first-order valence-electron chi connectivity index (χ1n) is 39.0. The lowest BCUT2D eigenvalue weighted by Gasteiger charge is -2.02. The molecule has 0 bridgehead atoms. The van der Waals surface area contributed by atoms with E-state index in [0.717, 1.165) is 91.3 Å². The zero-order valence-electron chi connectivity index (χ0n) is 69.7. The molecule has 0 aliphatic rings. The van der Waals surface area contributed by atoms with Crippen LogP contribution in [0.25, 0.3) is 144 Å². The third kappa shape index (κ3) is 19.5. The minimum atomic E-state index is -0.427. The topological polar surface area (TPSA) is 353 Å². The molecule has 0 spiro atoms. The molecule has 24 rings (SSSR count). The zero-order chi connectivity index (χ0) is 90.3. The molecule has 43 heteroatoms. The van der Waals surface area contributed by atoms with E-state index in [4.69, 9.17) is 28.4 Å². The first kappa shape index (κ1) is 86.6. The minimum absolute atomic E-state index is 0.0280. The number of aryl methyl sites for hydroxylation is 2. The van der Waals surface area contributed by atoms with Crippen molar-refractivity contribution < 1.29 is 42.7 Å². The molecule has 0 amide bonds. The molecule has 8 aromatic carbocycles. The highest BCUT2D eigenvalue weighted by Crippen LogP contribution is 2.38. The highest BCUT2D eigenvalue weighted by atomic mass is 32.1. The van der Waals surface area contributed by atoms with Crippen LogP contribution < -0.4 is 28.4 Å². The second-order valence-electron chi connectivity index (χ2n) is 27.7. The number of halogens is 1. The highest BCUT2D eigenvalue weighted by molar-refractivity contribution is 7.22. The van der Waals surface area contributed by atoms with E-state index in [1.807, 2.05) is 90.1 Å². The van der Waals surface area contributed by atoms with Gasteiger partial charge in [-0.1, -0.05) is 138 Å². The largest absolute Gasteiger partial charge is 0.497 e. The minimum Gasteiger partial charge on any atom is -0.497 e. The Balaban J connectivity index is 0.000000103. The number of nitro benzene ring substituents is 2. The molecule has 0 saturated heterocycles. The van der Waals surface area contributed by atoms with Crippen LogP contribution in [0.15, 0.2) is 255 Å². The Morgan fingerprint density at radius 2 is 0.695 bits per heavy atom. The van der Waals surface area contributed by atoms with Gasteiger partial charge in [0.1, 0.15) is 27.3 Å². The fourth-order valence-electron chi connectivity index (χ4n) is 13.1. The fourth-order valence-corrected chi connectivity index (χ4v) is 19.8. The van der Waals surface area contributed by atoms with Crippen LogP contribution in [-0.2, 0) is 0 Å². The fraction of sp³-hybridized carbons (Fsp3) is 0.0909. The van der Waals surface area contributed by atoms with Gasteiger partial charge in [0.05, 0.1) is 140 Å². The molecular weight excluding hydrogens is 1850 g/mol. The van der Waals surface area contributed by atoms with E-state index in [2.05, 4.69) is 167 Å². The van der Waals surface area contributed by atoms with Crippen molar-refractivity contribution in [1.29, 1.82) is 0 Å². The maximum atomic E-state index is 12.8. The lowest BCUT2D eigenvalue weighted by Crippen LogP contribution is -1.91. The molecule has 24 aromatic rings. The first-order valence-corrected chi connectivity index (χ1v) is 46.4. The van der Waals surface area contributed by atoms with Crippen molar-refractivity contribution in [3.8, 4) is 121 Å². The summed E-state index contributed by atoms with van der Waals surface area (Å²) in [7, 11) is 9.50. The van der Waals surface area contributed by atoms with Crippen molar-refractivity contribution in [2.75, 3.05) is 42.7 Å². The quantitative estimate of drug-likeness (QED) is 0.0640. The molecule has 16 aromatic heterocycles. The number of non-ortho nitro benzene ring substituents is 1. The molecular formula is C88H66FN23O10S9. The van der Waals surface area contributed by atoms with E-state index < -0.39 is 9.85 Å². The van der Waals surface area contributed by atoms with E-state index in [-0.39, 0.29) is 17.2 Å². The van der Waals surface area contributed by atoms with Crippen LogP contribution in [0.2, 0.25) is 0 Å². The van der Waals surface area contributed by atoms with E-state index in [0.29, 0.717) is 58.4 Å². The van der Waals surface area contributed by atoms with Gasteiger partial charge in [-0.3, -0.25) is 20.2 Å². The number of fused-ring (bicyclic) bond motifs is 9. The number of benzene rings is 8. The van der Waals surface area contributed by atoms with E-state index in [1.165, 1.54) is 130 Å². The predicted molar refractivity (Wildman–Crippen MR) is 512 cm³/mol. The van der Waals surface area contributed by atoms with Crippen molar-refractivity contribution >= 4 is 168 Å². The Morgan fingerprint density at radius 1 is 0.313 bits per heavy atom. The normalized spacial score (nSPS) is 11.1. The average Bonchev–Trinajstić information content (AvgIpc) is 1.64. The summed E-state index contributed by atoms with van der Waals surface area (Å²) in [5.74, 6) is 0.559. The van der Waals surface area contributed by atoms with Crippen LogP contribution in [0.1, 0.15) is 10.0 Å². The van der Waals surface area contributed by atoms with Gasteiger partial charge < -0.3 is 28.4 Å². The van der Waals surface area contributed by atoms with Gasteiger partial charge in [-0.05, 0) is 171 Å². The molecule has 0 aliphatic carbocycles. The Bertz CT molecular complexity index is 7820. The van der Waals surface area contributed by atoms with Crippen molar-refractivity contribution in [2.45, 2.75) is 13.8 Å². The molecule has 0 atom stereocenters. The van der Waals surface area contributed by atoms with Crippen molar-refractivity contribution in [1.82, 2.24) is 102 Å². The molecule has 0 fully saturated rings. The number of rotatable bonds is 16. The summed E-state index contributed by atoms with van der Waals surface area (Å²) in [6.45, 7) is 3.99. The number of thiophene rings is 2. The summed E-state index contributed by atoms with van der Waals surface area (Å²) < 4.78 is 57.8. The molecule has 16 heterocycles. The van der Waals surface area contributed by atoms with Crippen molar-refractivity contribution in [3.63, 3.8) is 0 Å². The summed E-state index contributed by atoms with van der Waals surface area (Å²) >= 11 is 13.6. The Hall–Kier alpha value is -15.1. The lowest BCUT2D eigenvalue weighted by atomic mass is 10.0. The summed E-state index contributed by atoms with van der Waals surface area (Å²) in [4.78, 5) is 59.1. The third-order valence-electron chi connectivity index (χ3n) is 19.2. The van der Waals surface area contributed by atoms with Crippen LogP contribution in [0.3, 0.4) is 0 Å². The van der Waals surface area contributed by atoms with E-state index in [9.17, 15) is 24.6 Å². The van der Waals surface area contributed by atoms with Gasteiger partial charge in [0, 0.05) is 55.4 Å². The highest BCUT2D eigenvalue weighted by Gasteiger charge is 2.21. The number of nitrogens with zero attached hydrogens (tertiary/aromatic N) is 23. The molecule has 0 saturated carbocycles. The van der Waals surface area contributed by atoms with Crippen LogP contribution in [0, 0.1) is 39.9 Å². The molecule has 0 unspecified atom stereocenters. The summed E-state index contributed by atoms with van der Waals surface area (Å²) in [5, 5.41) is 61.1. The van der Waals surface area contributed by atoms with Crippen molar-refractivity contribution in [2.24, 2.45) is 0 Å². The van der Waals surface area contributed by atoms with Crippen LogP contribution in [0.5, 0.6) is 31.7 Å². The Labute approximate surface area is 775 Å². The number of methoxy groups -OCH3 is 6. The Kier molecular flexibility index (Phi) is 25.4. The number of ether oxygens (including phenoxy) is 6. The van der Waals surface area contributed by atoms with Crippen LogP contribution >= 0.6 is 102 Å². The molecule has 0 radical (unpaired) electrons. The zero-order valence-corrected chi connectivity index (χ0v) is 77.0. The predicted octanol–water partition coefficient (Wildman–Crippen LogP) is 21.9. The van der Waals surface area contributed by atoms with Gasteiger partial charge in [-0.2, -0.15) is 10.2 Å². The third-order valence-corrected chi connectivity index (χ3v) is 27.4. The van der Waals surface area contributed by atoms with E-state index in [1.54, 1.807) is 165 Å². The van der Waals surface area contributed by atoms with Crippen LogP contribution in [0.4, 0.5) is 15.8 Å². The average molecular weight is 1910 g/mol.